The van der Waals surface area contributed by atoms with E-state index in [1.165, 1.54) is 0 Å². The molecule has 11 heteroatoms. The first-order chi connectivity index (χ1) is 19.1. The van der Waals surface area contributed by atoms with E-state index in [0.29, 0.717) is 36.6 Å². The number of nitrogens with zero attached hydrogens (tertiary/aromatic N) is 2. The lowest BCUT2D eigenvalue weighted by molar-refractivity contribution is -0.134. The molecule has 216 valence electrons. The molecule has 0 unspecified atom stereocenters. The Morgan fingerprint density at radius 2 is 1.98 bits per heavy atom. The van der Waals surface area contributed by atoms with Crippen molar-refractivity contribution in [2.75, 3.05) is 38.6 Å². The Bertz CT molecular complexity index is 1380. The molecule has 4 rings (SSSR count). The largest absolute Gasteiger partial charge is 0.497 e. The van der Waals surface area contributed by atoms with Crippen LogP contribution in [0.5, 0.6) is 11.5 Å². The van der Waals surface area contributed by atoms with E-state index in [1.54, 1.807) is 47.7 Å². The van der Waals surface area contributed by atoms with Gasteiger partial charge in [0, 0.05) is 36.8 Å². The summed E-state index contributed by atoms with van der Waals surface area (Å²) in [5.74, 6) is 1.15. The molecule has 9 nitrogen and oxygen atoms in total. The second-order valence-electron chi connectivity index (χ2n) is 10.3. The van der Waals surface area contributed by atoms with Crippen molar-refractivity contribution < 1.29 is 27.8 Å². The van der Waals surface area contributed by atoms with E-state index < -0.39 is 10.0 Å². The lowest BCUT2D eigenvalue weighted by atomic mass is 10.0. The fraction of sp³-hybridized carbons (Fsp3) is 0.414. The summed E-state index contributed by atoms with van der Waals surface area (Å²) in [6.45, 7) is 5.42. The molecule has 2 N–H and O–H groups in total. The zero-order chi connectivity index (χ0) is 28.9. The summed E-state index contributed by atoms with van der Waals surface area (Å²) >= 11 is 1.13. The van der Waals surface area contributed by atoms with Crippen LogP contribution in [0.4, 0.5) is 5.69 Å². The summed E-state index contributed by atoms with van der Waals surface area (Å²) in [4.78, 5) is 17.3. The van der Waals surface area contributed by atoms with E-state index in [9.17, 15) is 18.3 Å². The van der Waals surface area contributed by atoms with E-state index in [4.69, 9.17) is 9.47 Å². The maximum absolute atomic E-state index is 13.4. The van der Waals surface area contributed by atoms with Crippen LogP contribution in [0.1, 0.15) is 25.0 Å². The molecule has 0 saturated carbocycles. The average molecular weight is 588 g/mol. The maximum atomic E-state index is 13.4. The minimum absolute atomic E-state index is 0.0232. The van der Waals surface area contributed by atoms with E-state index in [1.807, 2.05) is 45.2 Å². The number of carbonyl (C=O) groups is 1. The highest BCUT2D eigenvalue weighted by atomic mass is 32.2. The number of rotatable bonds is 10. The number of ether oxygens (including phenoxy) is 2. The smallest absolute Gasteiger partial charge is 0.271 e. The van der Waals surface area contributed by atoms with Crippen LogP contribution >= 0.6 is 11.3 Å². The van der Waals surface area contributed by atoms with Crippen molar-refractivity contribution in [2.45, 2.75) is 43.2 Å². The number of methoxy groups -OCH3 is 1. The monoisotopic (exact) mass is 587 g/mol. The Morgan fingerprint density at radius 1 is 1.23 bits per heavy atom. The van der Waals surface area contributed by atoms with Crippen LogP contribution < -0.4 is 14.2 Å². The fourth-order valence-electron chi connectivity index (χ4n) is 4.75. The number of fused-ring (bicyclic) bond motifs is 1. The van der Waals surface area contributed by atoms with E-state index >= 15 is 0 Å². The van der Waals surface area contributed by atoms with Gasteiger partial charge in [0.1, 0.15) is 21.8 Å². The number of aliphatic hydroxyl groups is 1. The maximum Gasteiger partial charge on any atom is 0.271 e. The van der Waals surface area contributed by atoms with Gasteiger partial charge in [-0.15, -0.1) is 11.3 Å². The first kappa shape index (κ1) is 29.9. The third kappa shape index (κ3) is 7.34. The van der Waals surface area contributed by atoms with Gasteiger partial charge in [-0.05, 0) is 61.3 Å². The summed E-state index contributed by atoms with van der Waals surface area (Å²) in [5.41, 5.74) is 2.07. The van der Waals surface area contributed by atoms with Crippen LogP contribution in [0.3, 0.4) is 0 Å². The standard InChI is InChI=1S/C29H37N3O6S2/c1-20-16-32(21(2)19-33)28(34)15-23-14-24(30-40(35,36)29-6-5-13-39-29)9-12-26(23)38-27(20)18-31(3)17-22-7-10-25(37-4)11-8-22/h5-14,20-21,27,30,33H,15-19H2,1-4H3/t20-,21+,27+/m1/s1. The van der Waals surface area contributed by atoms with Gasteiger partial charge in [0.05, 0.1) is 26.2 Å². The number of nitrogens with one attached hydrogen (secondary N) is 1. The van der Waals surface area contributed by atoms with E-state index in [2.05, 4.69) is 9.62 Å². The van der Waals surface area contributed by atoms with Gasteiger partial charge in [-0.1, -0.05) is 25.1 Å². The molecule has 40 heavy (non-hydrogen) atoms. The van der Waals surface area contributed by atoms with Crippen molar-refractivity contribution in [3.63, 3.8) is 0 Å². The number of hydrogen-bond acceptors (Lipinski definition) is 8. The molecule has 3 aromatic rings. The van der Waals surface area contributed by atoms with Crippen molar-refractivity contribution in [1.82, 2.24) is 9.80 Å². The van der Waals surface area contributed by atoms with Gasteiger partial charge < -0.3 is 19.5 Å². The van der Waals surface area contributed by atoms with Gasteiger partial charge in [-0.25, -0.2) is 8.42 Å². The highest BCUT2D eigenvalue weighted by molar-refractivity contribution is 7.94. The number of amides is 1. The van der Waals surface area contributed by atoms with Crippen LogP contribution in [-0.4, -0.2) is 75.2 Å². The van der Waals surface area contributed by atoms with Crippen molar-refractivity contribution in [3.05, 3.63) is 71.1 Å². The predicted molar refractivity (Wildman–Crippen MR) is 156 cm³/mol. The fourth-order valence-corrected chi connectivity index (χ4v) is 6.79. The highest BCUT2D eigenvalue weighted by Crippen LogP contribution is 2.30. The van der Waals surface area contributed by atoms with Crippen LogP contribution in [0.25, 0.3) is 0 Å². The van der Waals surface area contributed by atoms with Crippen molar-refractivity contribution in [1.29, 1.82) is 0 Å². The normalized spacial score (nSPS) is 18.8. The molecule has 0 radical (unpaired) electrons. The van der Waals surface area contributed by atoms with Gasteiger partial charge in [0.15, 0.2) is 0 Å². The number of sulfonamides is 1. The van der Waals surface area contributed by atoms with Crippen molar-refractivity contribution >= 4 is 33.0 Å². The SMILES string of the molecule is COc1ccc(CN(C)C[C@@H]2Oc3ccc(NS(=O)(=O)c4cccs4)cc3CC(=O)N([C@@H](C)CO)C[C@H]2C)cc1. The van der Waals surface area contributed by atoms with E-state index in [0.717, 1.165) is 22.6 Å². The van der Waals surface area contributed by atoms with E-state index in [-0.39, 0.29) is 41.2 Å². The summed E-state index contributed by atoms with van der Waals surface area (Å²) in [7, 11) is -0.0821. The van der Waals surface area contributed by atoms with Crippen molar-refractivity contribution in [3.8, 4) is 11.5 Å². The zero-order valence-corrected chi connectivity index (χ0v) is 24.9. The molecule has 1 aromatic heterocycles. The number of hydrogen-bond donors (Lipinski definition) is 2. The number of anilines is 1. The van der Waals surface area contributed by atoms with Crippen LogP contribution in [0.2, 0.25) is 0 Å². The summed E-state index contributed by atoms with van der Waals surface area (Å²) in [6.07, 6.45) is -0.245. The molecule has 1 aliphatic rings. The predicted octanol–water partition coefficient (Wildman–Crippen LogP) is 3.84. The molecule has 1 amide bonds. The Hall–Kier alpha value is -3.12. The Balaban J connectivity index is 1.60. The van der Waals surface area contributed by atoms with Crippen LogP contribution in [0, 0.1) is 5.92 Å². The minimum Gasteiger partial charge on any atom is -0.497 e. The van der Waals surface area contributed by atoms with Gasteiger partial charge in [-0.3, -0.25) is 14.4 Å². The van der Waals surface area contributed by atoms with Gasteiger partial charge in [0.2, 0.25) is 5.91 Å². The molecule has 0 bridgehead atoms. The molecule has 0 aliphatic carbocycles. The lowest BCUT2D eigenvalue weighted by Crippen LogP contribution is -2.47. The highest BCUT2D eigenvalue weighted by Gasteiger charge is 2.31. The molecular weight excluding hydrogens is 550 g/mol. The Kier molecular flexibility index (Phi) is 9.72. The van der Waals surface area contributed by atoms with Gasteiger partial charge in [-0.2, -0.15) is 0 Å². The molecule has 0 spiro atoms. The number of thiophene rings is 1. The average Bonchev–Trinajstić information content (AvgIpc) is 3.49. The molecular formula is C29H37N3O6S2. The summed E-state index contributed by atoms with van der Waals surface area (Å²) < 4.78 is 40.3. The molecule has 3 atom stereocenters. The number of likely N-dealkylation sites (N-methyl/N-ethyl adjacent to an activating group) is 1. The Labute approximate surface area is 240 Å². The van der Waals surface area contributed by atoms with Crippen LogP contribution in [-0.2, 0) is 27.8 Å². The quantitative estimate of drug-likeness (QED) is 0.371. The van der Waals surface area contributed by atoms with Crippen LogP contribution in [0.15, 0.2) is 64.2 Å². The van der Waals surface area contributed by atoms with Gasteiger partial charge >= 0.3 is 0 Å². The molecule has 1 aliphatic heterocycles. The summed E-state index contributed by atoms with van der Waals surface area (Å²) in [5, 5.41) is 11.6. The third-order valence-corrected chi connectivity index (χ3v) is 9.81. The number of carbonyl (C=O) groups excluding carboxylic acids is 1. The third-order valence-electron chi connectivity index (χ3n) is 7.03. The minimum atomic E-state index is -3.75. The Morgan fingerprint density at radius 3 is 2.62 bits per heavy atom. The molecule has 2 heterocycles. The number of aliphatic hydroxyl groups excluding tert-OH is 1. The second-order valence-corrected chi connectivity index (χ2v) is 13.1. The first-order valence-corrected chi connectivity index (χ1v) is 15.5. The molecule has 0 fully saturated rings. The first-order valence-electron chi connectivity index (χ1n) is 13.2. The van der Waals surface area contributed by atoms with Gasteiger partial charge in [0.25, 0.3) is 10.0 Å². The zero-order valence-electron chi connectivity index (χ0n) is 23.2. The topological polar surface area (TPSA) is 108 Å². The number of benzene rings is 2. The lowest BCUT2D eigenvalue weighted by Gasteiger charge is -2.34. The van der Waals surface area contributed by atoms with Crippen molar-refractivity contribution in [2.24, 2.45) is 5.92 Å². The molecule has 2 aromatic carbocycles. The molecule has 0 saturated heterocycles. The summed E-state index contributed by atoms with van der Waals surface area (Å²) in [6, 6.07) is 15.8. The second kappa shape index (κ2) is 13.0.